The molecular weight excluding hydrogens is 402 g/mol. The van der Waals surface area contributed by atoms with Crippen molar-refractivity contribution in [2.24, 2.45) is 5.92 Å². The summed E-state index contributed by atoms with van der Waals surface area (Å²) < 4.78 is 30.0. The minimum Gasteiger partial charge on any atom is -0.497 e. The van der Waals surface area contributed by atoms with Crippen LogP contribution in [0.25, 0.3) is 0 Å². The Hall–Kier alpha value is -2.38. The molecule has 0 fully saturated rings. The average molecular weight is 424 g/mol. The third-order valence-corrected chi connectivity index (χ3v) is 4.91. The summed E-state index contributed by atoms with van der Waals surface area (Å²) in [5.74, 6) is -0.991. The quantitative estimate of drug-likeness (QED) is 0.669. The minimum atomic E-state index is -3.72. The maximum absolute atomic E-state index is 12.5. The largest absolute Gasteiger partial charge is 0.497 e. The molecular formula is C20H22ClNO5S. The van der Waals surface area contributed by atoms with Crippen LogP contribution in [0.5, 0.6) is 5.75 Å². The van der Waals surface area contributed by atoms with E-state index in [1.165, 1.54) is 0 Å². The second-order valence-corrected chi connectivity index (χ2v) is 8.72. The highest BCUT2D eigenvalue weighted by Gasteiger charge is 2.24. The van der Waals surface area contributed by atoms with Gasteiger partial charge in [-0.25, -0.2) is 8.42 Å². The summed E-state index contributed by atoms with van der Waals surface area (Å²) in [7, 11) is -2.17. The number of methoxy groups -OCH3 is 1. The number of hydrogen-bond acceptors (Lipinski definition) is 5. The number of carbonyl (C=O) groups excluding carboxylic acids is 2. The van der Waals surface area contributed by atoms with Gasteiger partial charge in [0.15, 0.2) is 0 Å². The Morgan fingerprint density at radius 3 is 2.14 bits per heavy atom. The molecule has 6 nitrogen and oxygen atoms in total. The second kappa shape index (κ2) is 9.71. The molecule has 0 saturated carbocycles. The Kier molecular flexibility index (Phi) is 7.60. The lowest BCUT2D eigenvalue weighted by Crippen LogP contribution is -2.37. The van der Waals surface area contributed by atoms with Crippen molar-refractivity contribution in [3.63, 3.8) is 0 Å². The normalized spacial score (nSPS) is 12.2. The molecule has 0 aromatic heterocycles. The van der Waals surface area contributed by atoms with Crippen molar-refractivity contribution in [1.82, 2.24) is 4.72 Å². The SMILES string of the molecule is COc1ccc(CC(CC(=O)Cc2ccc(Cl)cc2)C(=O)NS(C)(=O)=O)cc1. The molecule has 150 valence electrons. The zero-order chi connectivity index (χ0) is 20.7. The number of Topliss-reactive ketones (excluding diaryl/α,β-unsaturated/α-hetero) is 1. The van der Waals surface area contributed by atoms with Crippen molar-refractivity contribution >= 4 is 33.3 Å². The standard InChI is InChI=1S/C20H22ClNO5S/c1-27-19-9-5-14(6-10-19)11-16(20(24)22-28(2,25)26)13-18(23)12-15-3-7-17(21)8-4-15/h3-10,16H,11-13H2,1-2H3,(H,22,24). The fraction of sp³-hybridized carbons (Fsp3) is 0.300. The van der Waals surface area contributed by atoms with Crippen LogP contribution in [0, 0.1) is 5.92 Å². The van der Waals surface area contributed by atoms with Gasteiger partial charge in [0.2, 0.25) is 15.9 Å². The summed E-state index contributed by atoms with van der Waals surface area (Å²) in [6.07, 6.45) is 1.21. The highest BCUT2D eigenvalue weighted by atomic mass is 35.5. The first-order chi connectivity index (χ1) is 13.2. The predicted octanol–water partition coefficient (Wildman–Crippen LogP) is 2.79. The Morgan fingerprint density at radius 2 is 1.61 bits per heavy atom. The van der Waals surface area contributed by atoms with Crippen LogP contribution in [0.1, 0.15) is 17.5 Å². The lowest BCUT2D eigenvalue weighted by atomic mass is 9.92. The molecule has 1 unspecified atom stereocenters. The number of sulfonamides is 1. The average Bonchev–Trinajstić information content (AvgIpc) is 2.62. The van der Waals surface area contributed by atoms with Crippen LogP contribution in [-0.2, 0) is 32.5 Å². The van der Waals surface area contributed by atoms with Crippen molar-refractivity contribution in [2.45, 2.75) is 19.3 Å². The van der Waals surface area contributed by atoms with Gasteiger partial charge in [0.25, 0.3) is 0 Å². The van der Waals surface area contributed by atoms with E-state index in [1.807, 2.05) is 4.72 Å². The zero-order valence-electron chi connectivity index (χ0n) is 15.6. The van der Waals surface area contributed by atoms with E-state index >= 15 is 0 Å². The molecule has 2 rings (SSSR count). The van der Waals surface area contributed by atoms with E-state index < -0.39 is 21.8 Å². The molecule has 1 atom stereocenters. The molecule has 0 spiro atoms. The number of benzene rings is 2. The first kappa shape index (κ1) is 21.9. The molecule has 0 bridgehead atoms. The highest BCUT2D eigenvalue weighted by Crippen LogP contribution is 2.19. The number of hydrogen-bond donors (Lipinski definition) is 1. The van der Waals surface area contributed by atoms with E-state index in [9.17, 15) is 18.0 Å². The van der Waals surface area contributed by atoms with Gasteiger partial charge in [-0.1, -0.05) is 35.9 Å². The molecule has 2 aromatic rings. The highest BCUT2D eigenvalue weighted by molar-refractivity contribution is 7.89. The molecule has 0 radical (unpaired) electrons. The first-order valence-electron chi connectivity index (χ1n) is 8.57. The van der Waals surface area contributed by atoms with Crippen LogP contribution >= 0.6 is 11.6 Å². The van der Waals surface area contributed by atoms with Crippen LogP contribution in [0.15, 0.2) is 48.5 Å². The lowest BCUT2D eigenvalue weighted by Gasteiger charge is -2.16. The summed E-state index contributed by atoms with van der Waals surface area (Å²) in [4.78, 5) is 24.9. The van der Waals surface area contributed by atoms with E-state index in [4.69, 9.17) is 16.3 Å². The van der Waals surface area contributed by atoms with E-state index in [0.717, 1.165) is 17.4 Å². The van der Waals surface area contributed by atoms with Crippen molar-refractivity contribution in [1.29, 1.82) is 0 Å². The fourth-order valence-electron chi connectivity index (χ4n) is 2.75. The first-order valence-corrected chi connectivity index (χ1v) is 10.8. The van der Waals surface area contributed by atoms with E-state index in [1.54, 1.807) is 55.6 Å². The third-order valence-electron chi connectivity index (χ3n) is 4.09. The van der Waals surface area contributed by atoms with Crippen molar-refractivity contribution in [2.75, 3.05) is 13.4 Å². The van der Waals surface area contributed by atoms with Crippen molar-refractivity contribution in [3.05, 3.63) is 64.7 Å². The smallest absolute Gasteiger partial charge is 0.237 e. The molecule has 28 heavy (non-hydrogen) atoms. The fourth-order valence-corrected chi connectivity index (χ4v) is 3.40. The van der Waals surface area contributed by atoms with Gasteiger partial charge in [-0.3, -0.25) is 14.3 Å². The summed E-state index contributed by atoms with van der Waals surface area (Å²) in [6.45, 7) is 0. The Morgan fingerprint density at radius 1 is 1.04 bits per heavy atom. The number of halogens is 1. The maximum Gasteiger partial charge on any atom is 0.237 e. The van der Waals surface area contributed by atoms with Crippen molar-refractivity contribution in [3.8, 4) is 5.75 Å². The van der Waals surface area contributed by atoms with E-state index in [2.05, 4.69) is 0 Å². The van der Waals surface area contributed by atoms with Gasteiger partial charge in [0.1, 0.15) is 11.5 Å². The van der Waals surface area contributed by atoms with Gasteiger partial charge in [0, 0.05) is 23.8 Å². The Labute approximate surface area is 169 Å². The number of ether oxygens (including phenoxy) is 1. The molecule has 0 aliphatic carbocycles. The van der Waals surface area contributed by atoms with Gasteiger partial charge in [0.05, 0.1) is 13.4 Å². The van der Waals surface area contributed by atoms with Crippen molar-refractivity contribution < 1.29 is 22.7 Å². The van der Waals surface area contributed by atoms with Gasteiger partial charge in [-0.05, 0) is 41.8 Å². The summed E-state index contributed by atoms with van der Waals surface area (Å²) in [6, 6.07) is 13.9. The predicted molar refractivity (Wildman–Crippen MR) is 108 cm³/mol. The minimum absolute atomic E-state index is 0.0734. The van der Waals surface area contributed by atoms with Gasteiger partial charge >= 0.3 is 0 Å². The van der Waals surface area contributed by atoms with E-state index in [0.29, 0.717) is 10.8 Å². The number of nitrogens with one attached hydrogen (secondary N) is 1. The number of amides is 1. The number of carbonyl (C=O) groups is 2. The summed E-state index contributed by atoms with van der Waals surface area (Å²) in [5.41, 5.74) is 1.58. The van der Waals surface area contributed by atoms with Gasteiger partial charge < -0.3 is 4.74 Å². The molecule has 1 amide bonds. The van der Waals surface area contributed by atoms with Gasteiger partial charge in [-0.2, -0.15) is 0 Å². The van der Waals surface area contributed by atoms with E-state index in [-0.39, 0.29) is 25.0 Å². The van der Waals surface area contributed by atoms with Crippen LogP contribution in [-0.4, -0.2) is 33.5 Å². The topological polar surface area (TPSA) is 89.5 Å². The van der Waals surface area contributed by atoms with Crippen LogP contribution in [0.2, 0.25) is 5.02 Å². The summed E-state index contributed by atoms with van der Waals surface area (Å²) in [5, 5.41) is 0.570. The number of ketones is 1. The molecule has 0 saturated heterocycles. The molecule has 1 N–H and O–H groups in total. The molecule has 0 aliphatic heterocycles. The third kappa shape index (κ3) is 7.32. The van der Waals surface area contributed by atoms with Crippen LogP contribution < -0.4 is 9.46 Å². The van der Waals surface area contributed by atoms with Crippen LogP contribution in [0.3, 0.4) is 0 Å². The Bertz CT molecular complexity index is 924. The molecule has 8 heteroatoms. The molecule has 0 heterocycles. The van der Waals surface area contributed by atoms with Gasteiger partial charge in [-0.15, -0.1) is 0 Å². The summed E-state index contributed by atoms with van der Waals surface area (Å²) >= 11 is 5.84. The Balaban J connectivity index is 2.12. The van der Waals surface area contributed by atoms with Crippen LogP contribution in [0.4, 0.5) is 0 Å². The lowest BCUT2D eigenvalue weighted by molar-refractivity contribution is -0.128. The second-order valence-electron chi connectivity index (χ2n) is 6.53. The molecule has 0 aliphatic rings. The number of rotatable bonds is 9. The monoisotopic (exact) mass is 423 g/mol. The zero-order valence-corrected chi connectivity index (χ0v) is 17.2. The molecule has 2 aromatic carbocycles. The maximum atomic E-state index is 12.5.